The third-order valence-corrected chi connectivity index (χ3v) is 3.27. The van der Waals surface area contributed by atoms with Crippen LogP contribution in [0.2, 0.25) is 0 Å². The van der Waals surface area contributed by atoms with E-state index in [-0.39, 0.29) is 19.1 Å². The maximum absolute atomic E-state index is 12.1. The molecule has 128 valence electrons. The number of hydrogen-bond donors (Lipinski definition) is 2. The second-order valence-corrected chi connectivity index (χ2v) is 4.89. The van der Waals surface area contributed by atoms with Gasteiger partial charge in [-0.25, -0.2) is 0 Å². The van der Waals surface area contributed by atoms with Gasteiger partial charge in [0.1, 0.15) is 18.1 Å². The van der Waals surface area contributed by atoms with E-state index in [1.54, 1.807) is 48.5 Å². The van der Waals surface area contributed by atoms with Crippen molar-refractivity contribution in [3.05, 3.63) is 59.7 Å². The van der Waals surface area contributed by atoms with Crippen molar-refractivity contribution in [2.75, 3.05) is 20.3 Å². The molecule has 2 aromatic carbocycles. The number of rotatable bonds is 6. The molecule has 0 aliphatic heterocycles. The number of carbonyl (C=O) groups excluding carboxylic acids is 2. The summed E-state index contributed by atoms with van der Waals surface area (Å²) in [5.41, 5.74) is 6.01. The molecule has 2 aromatic rings. The van der Waals surface area contributed by atoms with E-state index in [2.05, 4.69) is 17.2 Å². The van der Waals surface area contributed by atoms with Gasteiger partial charge >= 0.3 is 0 Å². The lowest BCUT2D eigenvalue weighted by Crippen LogP contribution is -2.24. The molecular formula is C19H18N2O4. The van der Waals surface area contributed by atoms with Gasteiger partial charge in [0.25, 0.3) is 11.8 Å². The average molecular weight is 338 g/mol. The van der Waals surface area contributed by atoms with Gasteiger partial charge in [-0.05, 0) is 24.3 Å². The van der Waals surface area contributed by atoms with Crippen LogP contribution >= 0.6 is 0 Å². The number of methoxy groups -OCH3 is 1. The number of carbonyl (C=O) groups is 2. The molecule has 3 N–H and O–H groups in total. The van der Waals surface area contributed by atoms with Crippen molar-refractivity contribution in [1.29, 1.82) is 0 Å². The Hall–Kier alpha value is -3.46. The van der Waals surface area contributed by atoms with Gasteiger partial charge in [0.2, 0.25) is 0 Å². The molecule has 25 heavy (non-hydrogen) atoms. The first-order valence-corrected chi connectivity index (χ1v) is 7.52. The number of nitrogens with one attached hydrogen (secondary N) is 1. The summed E-state index contributed by atoms with van der Waals surface area (Å²) in [7, 11) is 1.51. The zero-order valence-corrected chi connectivity index (χ0v) is 13.7. The Balaban J connectivity index is 1.84. The van der Waals surface area contributed by atoms with Gasteiger partial charge in [0, 0.05) is 0 Å². The van der Waals surface area contributed by atoms with E-state index in [0.717, 1.165) is 0 Å². The van der Waals surface area contributed by atoms with Crippen LogP contribution in [0.4, 0.5) is 0 Å². The van der Waals surface area contributed by atoms with E-state index >= 15 is 0 Å². The van der Waals surface area contributed by atoms with Crippen LogP contribution in [-0.4, -0.2) is 32.1 Å². The third-order valence-electron chi connectivity index (χ3n) is 3.27. The summed E-state index contributed by atoms with van der Waals surface area (Å²) >= 11 is 0. The second kappa shape index (κ2) is 8.99. The Morgan fingerprint density at radius 2 is 1.64 bits per heavy atom. The summed E-state index contributed by atoms with van der Waals surface area (Å²) in [6, 6.07) is 13.6. The summed E-state index contributed by atoms with van der Waals surface area (Å²) in [4.78, 5) is 23.3. The molecule has 2 rings (SSSR count). The molecule has 0 atom stereocenters. The maximum atomic E-state index is 12.1. The minimum Gasteiger partial charge on any atom is -0.496 e. The lowest BCUT2D eigenvalue weighted by Gasteiger charge is -2.07. The van der Waals surface area contributed by atoms with Crippen LogP contribution < -0.4 is 20.5 Å². The van der Waals surface area contributed by atoms with Crippen LogP contribution in [0.15, 0.2) is 48.5 Å². The van der Waals surface area contributed by atoms with Gasteiger partial charge in [0.15, 0.2) is 0 Å². The largest absolute Gasteiger partial charge is 0.496 e. The number of amides is 2. The fourth-order valence-electron chi connectivity index (χ4n) is 2.08. The molecule has 0 saturated heterocycles. The minimum atomic E-state index is -0.562. The highest BCUT2D eigenvalue weighted by molar-refractivity contribution is 5.97. The van der Waals surface area contributed by atoms with Crippen LogP contribution in [0.5, 0.6) is 11.5 Å². The predicted molar refractivity (Wildman–Crippen MR) is 93.6 cm³/mol. The summed E-state index contributed by atoms with van der Waals surface area (Å²) in [5.74, 6) is 5.59. The summed E-state index contributed by atoms with van der Waals surface area (Å²) in [6.07, 6.45) is 0. The molecule has 0 aliphatic carbocycles. The van der Waals surface area contributed by atoms with Crippen LogP contribution in [-0.2, 0) is 0 Å². The van der Waals surface area contributed by atoms with Crippen LogP contribution in [0.25, 0.3) is 0 Å². The van der Waals surface area contributed by atoms with Gasteiger partial charge in [-0.15, -0.1) is 0 Å². The molecule has 0 fully saturated rings. The Labute approximate surface area is 145 Å². The number of hydrogen-bond acceptors (Lipinski definition) is 4. The number of primary amides is 1. The zero-order valence-electron chi connectivity index (χ0n) is 13.7. The van der Waals surface area contributed by atoms with E-state index in [1.165, 1.54) is 7.11 Å². The lowest BCUT2D eigenvalue weighted by molar-refractivity contribution is 0.0954. The Bertz CT molecular complexity index is 821. The fraction of sp³-hybridized carbons (Fsp3) is 0.158. The average Bonchev–Trinajstić information content (AvgIpc) is 2.64. The topological polar surface area (TPSA) is 90.7 Å². The maximum Gasteiger partial charge on any atom is 0.255 e. The molecular weight excluding hydrogens is 320 g/mol. The van der Waals surface area contributed by atoms with Crippen molar-refractivity contribution in [2.24, 2.45) is 5.73 Å². The van der Waals surface area contributed by atoms with Gasteiger partial charge in [-0.1, -0.05) is 36.1 Å². The Kier molecular flexibility index (Phi) is 6.43. The fourth-order valence-corrected chi connectivity index (χ4v) is 2.08. The zero-order chi connectivity index (χ0) is 18.1. The van der Waals surface area contributed by atoms with Crippen LogP contribution in [0.1, 0.15) is 20.7 Å². The highest BCUT2D eigenvalue weighted by atomic mass is 16.5. The molecule has 0 saturated carbocycles. The highest BCUT2D eigenvalue weighted by Gasteiger charge is 2.10. The van der Waals surface area contributed by atoms with Gasteiger partial charge < -0.3 is 20.5 Å². The first-order chi connectivity index (χ1) is 12.1. The lowest BCUT2D eigenvalue weighted by atomic mass is 10.2. The smallest absolute Gasteiger partial charge is 0.255 e. The van der Waals surface area contributed by atoms with E-state index in [1.807, 2.05) is 0 Å². The van der Waals surface area contributed by atoms with Crippen molar-refractivity contribution >= 4 is 11.8 Å². The molecule has 6 heteroatoms. The van der Waals surface area contributed by atoms with Crippen LogP contribution in [0.3, 0.4) is 0 Å². The molecule has 0 bridgehead atoms. The molecule has 2 amide bonds. The molecule has 6 nitrogen and oxygen atoms in total. The Morgan fingerprint density at radius 3 is 2.32 bits per heavy atom. The molecule has 0 unspecified atom stereocenters. The Morgan fingerprint density at radius 1 is 1.00 bits per heavy atom. The number of benzene rings is 2. The quantitative estimate of drug-likeness (QED) is 0.783. The molecule has 0 heterocycles. The summed E-state index contributed by atoms with van der Waals surface area (Å²) in [5, 5.41) is 2.68. The number of ether oxygens (including phenoxy) is 2. The molecule has 0 radical (unpaired) electrons. The summed E-state index contributed by atoms with van der Waals surface area (Å²) in [6.45, 7) is 0.243. The highest BCUT2D eigenvalue weighted by Crippen LogP contribution is 2.17. The monoisotopic (exact) mass is 338 g/mol. The van der Waals surface area contributed by atoms with Crippen molar-refractivity contribution in [3.63, 3.8) is 0 Å². The predicted octanol–water partition coefficient (Wildman–Crippen LogP) is 1.61. The van der Waals surface area contributed by atoms with Crippen molar-refractivity contribution in [2.45, 2.75) is 0 Å². The standard InChI is InChI=1S/C19H18N2O4/c1-24-16-10-4-3-9-15(16)19(23)21-12-6-7-13-25-17-11-5-2-8-14(17)18(20)22/h2-5,8-11H,12-13H2,1H3,(H2,20,22)(H,21,23). The second-order valence-electron chi connectivity index (χ2n) is 4.89. The third kappa shape index (κ3) is 5.01. The summed E-state index contributed by atoms with van der Waals surface area (Å²) < 4.78 is 10.6. The molecule has 0 spiro atoms. The van der Waals surface area contributed by atoms with Crippen LogP contribution in [0, 0.1) is 11.8 Å². The first kappa shape index (κ1) is 17.9. The SMILES string of the molecule is COc1ccccc1C(=O)NCC#CCOc1ccccc1C(N)=O. The first-order valence-electron chi connectivity index (χ1n) is 7.52. The van der Waals surface area contributed by atoms with Gasteiger partial charge in [-0.3, -0.25) is 9.59 Å². The van der Waals surface area contributed by atoms with Gasteiger partial charge in [-0.2, -0.15) is 0 Å². The van der Waals surface area contributed by atoms with E-state index in [9.17, 15) is 9.59 Å². The molecule has 0 aromatic heterocycles. The molecule has 0 aliphatic rings. The van der Waals surface area contributed by atoms with E-state index in [0.29, 0.717) is 22.6 Å². The van der Waals surface area contributed by atoms with Gasteiger partial charge in [0.05, 0.1) is 24.8 Å². The number of para-hydroxylation sites is 2. The van der Waals surface area contributed by atoms with Crippen molar-refractivity contribution in [1.82, 2.24) is 5.32 Å². The van der Waals surface area contributed by atoms with Crippen molar-refractivity contribution in [3.8, 4) is 23.3 Å². The number of nitrogens with two attached hydrogens (primary N) is 1. The van der Waals surface area contributed by atoms with E-state index < -0.39 is 5.91 Å². The minimum absolute atomic E-state index is 0.0782. The van der Waals surface area contributed by atoms with E-state index in [4.69, 9.17) is 15.2 Å². The van der Waals surface area contributed by atoms with Crippen molar-refractivity contribution < 1.29 is 19.1 Å². The normalized spacial score (nSPS) is 9.48.